The second-order valence-electron chi connectivity index (χ2n) is 5.74. The summed E-state index contributed by atoms with van der Waals surface area (Å²) in [5.41, 5.74) is 0. The van der Waals surface area contributed by atoms with Crippen LogP contribution in [0.1, 0.15) is 91.4 Å². The Morgan fingerprint density at radius 1 is 0.737 bits per heavy atom. The van der Waals surface area contributed by atoms with Crippen LogP contribution in [0.4, 0.5) is 0 Å². The van der Waals surface area contributed by atoms with Gasteiger partial charge in [-0.15, -0.1) is 0 Å². The molecule has 0 aromatic carbocycles. The third kappa shape index (κ3) is 6.92. The molecule has 0 unspecified atom stereocenters. The first-order valence-electron chi connectivity index (χ1n) is 7.95. The number of hydrogen-bond acceptors (Lipinski definition) is 3. The van der Waals surface area contributed by atoms with Crippen LogP contribution in [0, 0.1) is 0 Å². The molecule has 0 bridgehead atoms. The van der Waals surface area contributed by atoms with Gasteiger partial charge in [0.2, 0.25) is 0 Å². The molecule has 3 nitrogen and oxygen atoms in total. The lowest BCUT2D eigenvalue weighted by molar-refractivity contribution is -0.321. The van der Waals surface area contributed by atoms with Crippen molar-refractivity contribution in [3.05, 3.63) is 0 Å². The predicted molar refractivity (Wildman–Crippen MR) is 78.1 cm³/mol. The van der Waals surface area contributed by atoms with Crippen LogP contribution in [0.5, 0.6) is 0 Å². The third-order valence-corrected chi connectivity index (χ3v) is 5.90. The van der Waals surface area contributed by atoms with E-state index in [2.05, 4.69) is 13.8 Å². The van der Waals surface area contributed by atoms with Crippen molar-refractivity contribution in [1.82, 2.24) is 0 Å². The Labute approximate surface area is 119 Å². The van der Waals surface area contributed by atoms with E-state index in [1.807, 2.05) is 6.92 Å². The fourth-order valence-electron chi connectivity index (χ4n) is 2.70. The molecule has 0 saturated heterocycles. The van der Waals surface area contributed by atoms with Gasteiger partial charge in [-0.1, -0.05) is 79.7 Å². The third-order valence-electron chi connectivity index (χ3n) is 4.07. The first-order chi connectivity index (χ1) is 8.93. The van der Waals surface area contributed by atoms with Crippen LogP contribution >= 0.6 is 7.60 Å². The van der Waals surface area contributed by atoms with E-state index in [0.29, 0.717) is 19.3 Å². The van der Waals surface area contributed by atoms with Crippen molar-refractivity contribution in [2.45, 2.75) is 96.6 Å². The zero-order chi connectivity index (χ0) is 14.8. The van der Waals surface area contributed by atoms with Crippen molar-refractivity contribution < 1.29 is 14.4 Å². The van der Waals surface area contributed by atoms with Crippen molar-refractivity contribution in [3.8, 4) is 0 Å². The molecule has 0 heterocycles. The van der Waals surface area contributed by atoms with Crippen molar-refractivity contribution in [2.24, 2.45) is 0 Å². The SMILES string of the molecule is CCCCCC(CCCC)(CCCCC)P(=O)([O-])[O-]. The molecule has 0 aliphatic heterocycles. The van der Waals surface area contributed by atoms with Crippen LogP contribution in [0.15, 0.2) is 0 Å². The number of rotatable bonds is 12. The Balaban J connectivity index is 4.81. The highest BCUT2D eigenvalue weighted by molar-refractivity contribution is 7.50. The molecule has 116 valence electrons. The summed E-state index contributed by atoms with van der Waals surface area (Å²) in [6.45, 7) is 6.24. The molecule has 0 aliphatic rings. The van der Waals surface area contributed by atoms with Crippen LogP contribution in [0.3, 0.4) is 0 Å². The van der Waals surface area contributed by atoms with E-state index in [9.17, 15) is 14.4 Å². The van der Waals surface area contributed by atoms with E-state index in [1.165, 1.54) is 0 Å². The fourth-order valence-corrected chi connectivity index (χ4v) is 4.00. The molecule has 0 rings (SSSR count). The lowest BCUT2D eigenvalue weighted by atomic mass is 9.89. The second-order valence-corrected chi connectivity index (χ2v) is 7.68. The van der Waals surface area contributed by atoms with Gasteiger partial charge in [0.05, 0.1) is 0 Å². The maximum Gasteiger partial charge on any atom is -0.00196 e. The highest BCUT2D eigenvalue weighted by Gasteiger charge is 2.32. The van der Waals surface area contributed by atoms with Crippen molar-refractivity contribution in [1.29, 1.82) is 0 Å². The Kier molecular flexibility index (Phi) is 10.0. The molecular weight excluding hydrogens is 259 g/mol. The number of unbranched alkanes of at least 4 members (excludes halogenated alkanes) is 5. The standard InChI is InChI=1S/C15H33O3P/c1-4-7-10-13-15(12-9-6-3,19(16,17)18)14-11-8-5-2/h4-14H2,1-3H3,(H2,16,17,18)/p-2. The minimum atomic E-state index is -4.52. The molecule has 4 heteroatoms. The normalized spacial score (nSPS) is 12.9. The summed E-state index contributed by atoms with van der Waals surface area (Å²) in [6.07, 6.45) is 9.34. The van der Waals surface area contributed by atoms with Crippen molar-refractivity contribution >= 4 is 7.60 Å². The van der Waals surface area contributed by atoms with Gasteiger partial charge in [0.25, 0.3) is 0 Å². The molecular formula is C15H31O3P-2. The average Bonchev–Trinajstić information content (AvgIpc) is 2.34. The van der Waals surface area contributed by atoms with Gasteiger partial charge in [0.1, 0.15) is 0 Å². The minimum Gasteiger partial charge on any atom is -0.810 e. The van der Waals surface area contributed by atoms with Gasteiger partial charge in [-0.25, -0.2) is 0 Å². The second kappa shape index (κ2) is 9.96. The molecule has 0 aromatic heterocycles. The van der Waals surface area contributed by atoms with Gasteiger partial charge >= 0.3 is 0 Å². The van der Waals surface area contributed by atoms with Gasteiger partial charge in [0, 0.05) is 0 Å². The first-order valence-corrected chi connectivity index (χ1v) is 9.50. The quantitative estimate of drug-likeness (QED) is 0.403. The summed E-state index contributed by atoms with van der Waals surface area (Å²) in [6, 6.07) is 0. The van der Waals surface area contributed by atoms with Crippen LogP contribution in [-0.2, 0) is 4.57 Å². The Morgan fingerprint density at radius 3 is 1.42 bits per heavy atom. The molecule has 0 fully saturated rings. The summed E-state index contributed by atoms with van der Waals surface area (Å²) >= 11 is 0. The molecule has 0 amide bonds. The summed E-state index contributed by atoms with van der Waals surface area (Å²) < 4.78 is 11.8. The molecule has 0 aliphatic carbocycles. The zero-order valence-electron chi connectivity index (χ0n) is 13.0. The van der Waals surface area contributed by atoms with Gasteiger partial charge in [-0.3, -0.25) is 0 Å². The lowest BCUT2D eigenvalue weighted by Gasteiger charge is -2.51. The predicted octanol–water partition coefficient (Wildman–Crippen LogP) is 3.99. The monoisotopic (exact) mass is 290 g/mol. The molecule has 0 atom stereocenters. The van der Waals surface area contributed by atoms with E-state index in [0.717, 1.165) is 51.4 Å². The molecule has 0 N–H and O–H groups in total. The first kappa shape index (κ1) is 19.1. The van der Waals surface area contributed by atoms with E-state index in [4.69, 9.17) is 0 Å². The fraction of sp³-hybridized carbons (Fsp3) is 1.00. The van der Waals surface area contributed by atoms with E-state index in [-0.39, 0.29) is 0 Å². The van der Waals surface area contributed by atoms with Crippen LogP contribution in [0.2, 0.25) is 0 Å². The topological polar surface area (TPSA) is 63.2 Å². The lowest BCUT2D eigenvalue weighted by Crippen LogP contribution is -2.39. The Morgan fingerprint density at radius 2 is 1.11 bits per heavy atom. The summed E-state index contributed by atoms with van der Waals surface area (Å²) in [7, 11) is -4.52. The summed E-state index contributed by atoms with van der Waals surface area (Å²) in [5, 5.41) is -0.965. The van der Waals surface area contributed by atoms with Crippen molar-refractivity contribution in [3.63, 3.8) is 0 Å². The smallest absolute Gasteiger partial charge is 0.00196 e. The Bertz CT molecular complexity index is 250. The molecule has 0 spiro atoms. The largest absolute Gasteiger partial charge is 0.810 e. The van der Waals surface area contributed by atoms with E-state index < -0.39 is 12.8 Å². The number of hydrogen-bond donors (Lipinski definition) is 0. The van der Waals surface area contributed by atoms with Gasteiger partial charge in [-0.05, 0) is 24.4 Å². The van der Waals surface area contributed by atoms with Gasteiger partial charge in [-0.2, -0.15) is 0 Å². The van der Waals surface area contributed by atoms with E-state index in [1.54, 1.807) is 0 Å². The van der Waals surface area contributed by atoms with Crippen molar-refractivity contribution in [2.75, 3.05) is 0 Å². The molecule has 0 radical (unpaired) electrons. The highest BCUT2D eigenvalue weighted by atomic mass is 31.2. The minimum absolute atomic E-state index is 0.557. The van der Waals surface area contributed by atoms with Gasteiger partial charge < -0.3 is 14.4 Å². The maximum absolute atomic E-state index is 11.8. The Hall–Kier alpha value is 0.150. The highest BCUT2D eigenvalue weighted by Crippen LogP contribution is 2.52. The summed E-state index contributed by atoms with van der Waals surface area (Å²) in [4.78, 5) is 23.6. The van der Waals surface area contributed by atoms with Crippen LogP contribution in [-0.4, -0.2) is 5.16 Å². The van der Waals surface area contributed by atoms with Crippen LogP contribution < -0.4 is 9.79 Å². The van der Waals surface area contributed by atoms with Crippen LogP contribution in [0.25, 0.3) is 0 Å². The molecule has 0 aromatic rings. The average molecular weight is 290 g/mol. The molecule has 0 saturated carbocycles. The maximum atomic E-state index is 11.8. The van der Waals surface area contributed by atoms with Gasteiger partial charge in [0.15, 0.2) is 0 Å². The summed E-state index contributed by atoms with van der Waals surface area (Å²) in [5.74, 6) is 0. The molecule has 19 heavy (non-hydrogen) atoms. The van der Waals surface area contributed by atoms with E-state index >= 15 is 0 Å². The zero-order valence-corrected chi connectivity index (χ0v) is 13.8.